The predicted octanol–water partition coefficient (Wildman–Crippen LogP) is 2.43. The van der Waals surface area contributed by atoms with Gasteiger partial charge < -0.3 is 10.6 Å². The van der Waals surface area contributed by atoms with Gasteiger partial charge in [0.1, 0.15) is 0 Å². The van der Waals surface area contributed by atoms with Gasteiger partial charge in [-0.2, -0.15) is 0 Å². The Labute approximate surface area is 104 Å². The van der Waals surface area contributed by atoms with Crippen LogP contribution < -0.4 is 10.6 Å². The molecule has 3 nitrogen and oxygen atoms in total. The van der Waals surface area contributed by atoms with E-state index < -0.39 is 0 Å². The van der Waals surface area contributed by atoms with Crippen LogP contribution in [0, 0.1) is 5.92 Å². The largest absolute Gasteiger partial charge is 0.388 e. The lowest BCUT2D eigenvalue weighted by Crippen LogP contribution is -2.29. The molecule has 1 aromatic carbocycles. The van der Waals surface area contributed by atoms with Crippen molar-refractivity contribution < 1.29 is 4.79 Å². The molecule has 0 saturated heterocycles. The van der Waals surface area contributed by atoms with Crippen LogP contribution in [0.25, 0.3) is 0 Å². The summed E-state index contributed by atoms with van der Waals surface area (Å²) in [7, 11) is 3.61. The fourth-order valence-electron chi connectivity index (χ4n) is 2.09. The van der Waals surface area contributed by atoms with E-state index in [1.54, 1.807) is 7.05 Å². The average Bonchev–Trinajstić information content (AvgIpc) is 2.38. The smallest absolute Gasteiger partial charge is 0.223 e. The van der Waals surface area contributed by atoms with E-state index in [0.717, 1.165) is 24.9 Å². The Balaban J connectivity index is 2.81. The second-order valence-corrected chi connectivity index (χ2v) is 4.21. The second kappa shape index (κ2) is 6.94. The van der Waals surface area contributed by atoms with Crippen molar-refractivity contribution in [3.63, 3.8) is 0 Å². The number of anilines is 1. The number of carbonyl (C=O) groups excluding carboxylic acids is 1. The topological polar surface area (TPSA) is 41.1 Å². The summed E-state index contributed by atoms with van der Waals surface area (Å²) in [5.41, 5.74) is 2.31. The van der Waals surface area contributed by atoms with Crippen molar-refractivity contribution in [3.8, 4) is 0 Å². The van der Waals surface area contributed by atoms with Crippen molar-refractivity contribution in [2.24, 2.45) is 5.92 Å². The maximum Gasteiger partial charge on any atom is 0.223 e. The van der Waals surface area contributed by atoms with Crippen LogP contribution in [0.2, 0.25) is 0 Å². The fourth-order valence-corrected chi connectivity index (χ4v) is 2.09. The third kappa shape index (κ3) is 3.77. The highest BCUT2D eigenvalue weighted by Gasteiger charge is 2.17. The van der Waals surface area contributed by atoms with Gasteiger partial charge in [0, 0.05) is 25.7 Å². The molecule has 0 spiro atoms. The Bertz CT molecular complexity index is 363. The Morgan fingerprint density at radius 3 is 2.59 bits per heavy atom. The lowest BCUT2D eigenvalue weighted by Gasteiger charge is -2.16. The maximum atomic E-state index is 11.8. The quantitative estimate of drug-likeness (QED) is 0.793. The second-order valence-electron chi connectivity index (χ2n) is 4.21. The zero-order valence-corrected chi connectivity index (χ0v) is 10.9. The number of carbonyl (C=O) groups is 1. The summed E-state index contributed by atoms with van der Waals surface area (Å²) in [6.45, 7) is 2.11. The van der Waals surface area contributed by atoms with Crippen molar-refractivity contribution in [1.82, 2.24) is 5.32 Å². The first-order valence-electron chi connectivity index (χ1n) is 6.20. The molecule has 1 rings (SSSR count). The Morgan fingerprint density at radius 1 is 1.29 bits per heavy atom. The first-order chi connectivity index (χ1) is 8.22. The predicted molar refractivity (Wildman–Crippen MR) is 72.2 cm³/mol. The third-order valence-corrected chi connectivity index (χ3v) is 3.01. The molecule has 0 fully saturated rings. The lowest BCUT2D eigenvalue weighted by atomic mass is 9.93. The van der Waals surface area contributed by atoms with Gasteiger partial charge >= 0.3 is 0 Å². The fraction of sp³-hybridized carbons (Fsp3) is 0.500. The van der Waals surface area contributed by atoms with Gasteiger partial charge in [0.15, 0.2) is 0 Å². The molecular formula is C14H22N2O. The van der Waals surface area contributed by atoms with Crippen molar-refractivity contribution >= 4 is 11.6 Å². The van der Waals surface area contributed by atoms with Gasteiger partial charge in [-0.1, -0.05) is 31.5 Å². The number of hydrogen-bond acceptors (Lipinski definition) is 2. The monoisotopic (exact) mass is 234 g/mol. The Morgan fingerprint density at radius 2 is 2.00 bits per heavy atom. The van der Waals surface area contributed by atoms with Gasteiger partial charge in [-0.3, -0.25) is 4.79 Å². The molecule has 1 amide bonds. The molecule has 2 N–H and O–H groups in total. The van der Waals surface area contributed by atoms with Gasteiger partial charge in [-0.25, -0.2) is 0 Å². The molecule has 0 heterocycles. The molecule has 0 aromatic heterocycles. The minimum Gasteiger partial charge on any atom is -0.388 e. The third-order valence-electron chi connectivity index (χ3n) is 3.01. The summed E-state index contributed by atoms with van der Waals surface area (Å²) < 4.78 is 0. The zero-order chi connectivity index (χ0) is 12.7. The van der Waals surface area contributed by atoms with E-state index in [1.165, 1.54) is 5.56 Å². The number of benzene rings is 1. The molecule has 0 aliphatic heterocycles. The summed E-state index contributed by atoms with van der Waals surface area (Å²) in [5.74, 6) is 0.206. The van der Waals surface area contributed by atoms with Crippen LogP contribution in [-0.2, 0) is 11.2 Å². The van der Waals surface area contributed by atoms with Gasteiger partial charge in [0.2, 0.25) is 5.91 Å². The van der Waals surface area contributed by atoms with Crippen molar-refractivity contribution in [2.45, 2.75) is 26.2 Å². The van der Waals surface area contributed by atoms with E-state index in [4.69, 9.17) is 0 Å². The maximum absolute atomic E-state index is 11.8. The normalized spacial score (nSPS) is 11.9. The minimum atomic E-state index is 0.0690. The highest BCUT2D eigenvalue weighted by atomic mass is 16.1. The van der Waals surface area contributed by atoms with Gasteiger partial charge in [-0.05, 0) is 24.5 Å². The van der Waals surface area contributed by atoms with Crippen LogP contribution in [0.15, 0.2) is 24.3 Å². The van der Waals surface area contributed by atoms with Crippen molar-refractivity contribution in [2.75, 3.05) is 19.4 Å². The molecule has 0 bridgehead atoms. The number of rotatable bonds is 6. The molecule has 0 aliphatic rings. The molecule has 0 aliphatic carbocycles. The van der Waals surface area contributed by atoms with Crippen LogP contribution in [-0.4, -0.2) is 20.0 Å². The molecule has 17 heavy (non-hydrogen) atoms. The van der Waals surface area contributed by atoms with E-state index in [2.05, 4.69) is 23.6 Å². The first kappa shape index (κ1) is 13.6. The van der Waals surface area contributed by atoms with Crippen molar-refractivity contribution in [3.05, 3.63) is 29.8 Å². The van der Waals surface area contributed by atoms with E-state index in [-0.39, 0.29) is 11.8 Å². The highest BCUT2D eigenvalue weighted by molar-refractivity contribution is 5.78. The van der Waals surface area contributed by atoms with Gasteiger partial charge in [0.05, 0.1) is 0 Å². The summed E-state index contributed by atoms with van der Waals surface area (Å²) >= 11 is 0. The summed E-state index contributed by atoms with van der Waals surface area (Å²) in [4.78, 5) is 11.8. The van der Waals surface area contributed by atoms with E-state index in [0.29, 0.717) is 0 Å². The first-order valence-corrected chi connectivity index (χ1v) is 6.20. The zero-order valence-electron chi connectivity index (χ0n) is 10.9. The minimum absolute atomic E-state index is 0.0690. The molecule has 3 heteroatoms. The van der Waals surface area contributed by atoms with Crippen molar-refractivity contribution in [1.29, 1.82) is 0 Å². The Hall–Kier alpha value is -1.51. The Kier molecular flexibility index (Phi) is 5.53. The van der Waals surface area contributed by atoms with Crippen LogP contribution >= 0.6 is 0 Å². The van der Waals surface area contributed by atoms with E-state index in [1.807, 2.05) is 25.2 Å². The molecule has 0 saturated carbocycles. The number of para-hydroxylation sites is 1. The van der Waals surface area contributed by atoms with Gasteiger partial charge in [0.25, 0.3) is 0 Å². The number of amides is 1. The van der Waals surface area contributed by atoms with Crippen LogP contribution in [0.3, 0.4) is 0 Å². The van der Waals surface area contributed by atoms with Crippen LogP contribution in [0.5, 0.6) is 0 Å². The molecule has 1 aromatic rings. The number of nitrogens with one attached hydrogen (secondary N) is 2. The average molecular weight is 234 g/mol. The summed E-state index contributed by atoms with van der Waals surface area (Å²) in [5, 5.41) is 5.92. The lowest BCUT2D eigenvalue weighted by molar-refractivity contribution is -0.124. The van der Waals surface area contributed by atoms with E-state index >= 15 is 0 Å². The molecule has 1 atom stereocenters. The molecule has 94 valence electrons. The van der Waals surface area contributed by atoms with E-state index in [9.17, 15) is 4.79 Å². The highest BCUT2D eigenvalue weighted by Crippen LogP contribution is 2.21. The SMILES string of the molecule is CCCC(Cc1ccccc1NC)C(=O)NC. The summed E-state index contributed by atoms with van der Waals surface area (Å²) in [6, 6.07) is 8.15. The molecular weight excluding hydrogens is 212 g/mol. The van der Waals surface area contributed by atoms with Crippen LogP contribution in [0.4, 0.5) is 5.69 Å². The molecule has 0 radical (unpaired) electrons. The molecule has 1 unspecified atom stereocenters. The van der Waals surface area contributed by atoms with Crippen LogP contribution in [0.1, 0.15) is 25.3 Å². The van der Waals surface area contributed by atoms with Gasteiger partial charge in [-0.15, -0.1) is 0 Å². The summed E-state index contributed by atoms with van der Waals surface area (Å²) in [6.07, 6.45) is 2.75. The standard InChI is InChI=1S/C14H22N2O/c1-4-7-12(14(17)16-3)10-11-8-5-6-9-13(11)15-2/h5-6,8-9,12,15H,4,7,10H2,1-3H3,(H,16,17). The number of hydrogen-bond donors (Lipinski definition) is 2.